The van der Waals surface area contributed by atoms with Crippen LogP contribution in [0.25, 0.3) is 10.2 Å². The van der Waals surface area contributed by atoms with Gasteiger partial charge in [0.15, 0.2) is 0 Å². The van der Waals surface area contributed by atoms with Crippen molar-refractivity contribution in [2.45, 2.75) is 44.9 Å². The predicted octanol–water partition coefficient (Wildman–Crippen LogP) is 3.67. The lowest BCUT2D eigenvalue weighted by Gasteiger charge is -2.36. The molecule has 1 fully saturated rings. The van der Waals surface area contributed by atoms with Gasteiger partial charge in [0.05, 0.1) is 29.0 Å². The average Bonchev–Trinajstić information content (AvgIpc) is 3.21. The number of aromatic nitrogens is 2. The van der Waals surface area contributed by atoms with Gasteiger partial charge in [0.25, 0.3) is 5.91 Å². The Bertz CT molecular complexity index is 1190. The maximum atomic E-state index is 13.2. The first kappa shape index (κ1) is 23.8. The zero-order valence-electron chi connectivity index (χ0n) is 19.0. The topological polar surface area (TPSA) is 117 Å². The number of amides is 2. The van der Waals surface area contributed by atoms with Crippen molar-refractivity contribution in [3.8, 4) is 0 Å². The fourth-order valence-electron chi connectivity index (χ4n) is 3.57. The minimum absolute atomic E-state index is 0.0729. The van der Waals surface area contributed by atoms with Crippen molar-refractivity contribution in [2.24, 2.45) is 0 Å². The van der Waals surface area contributed by atoms with Gasteiger partial charge in [-0.05, 0) is 57.5 Å². The molecule has 2 aromatic heterocycles. The van der Waals surface area contributed by atoms with E-state index in [-0.39, 0.29) is 18.3 Å². The van der Waals surface area contributed by atoms with Gasteiger partial charge >= 0.3 is 6.09 Å². The molecule has 2 atom stereocenters. The van der Waals surface area contributed by atoms with E-state index in [1.165, 1.54) is 34.7 Å². The van der Waals surface area contributed by atoms with E-state index in [1.807, 2.05) is 0 Å². The molecule has 34 heavy (non-hydrogen) atoms. The largest absolute Gasteiger partial charge is 0.444 e. The highest BCUT2D eigenvalue weighted by Crippen LogP contribution is 2.30. The van der Waals surface area contributed by atoms with Crippen molar-refractivity contribution in [3.05, 3.63) is 47.4 Å². The summed E-state index contributed by atoms with van der Waals surface area (Å²) in [5.74, 6) is -0.185. The van der Waals surface area contributed by atoms with Crippen molar-refractivity contribution in [2.75, 3.05) is 18.4 Å². The smallest absolute Gasteiger partial charge is 0.410 e. The molecule has 1 aliphatic rings. The van der Waals surface area contributed by atoms with Crippen LogP contribution in [0.3, 0.4) is 0 Å². The number of carbonyl (C=O) groups excluding carboxylic acids is 2. The molecule has 0 saturated carbocycles. The maximum Gasteiger partial charge on any atom is 0.410 e. The zero-order chi connectivity index (χ0) is 24.5. The fourth-order valence-corrected chi connectivity index (χ4v) is 4.47. The van der Waals surface area contributed by atoms with E-state index in [1.54, 1.807) is 39.0 Å². The molecule has 0 spiro atoms. The minimum atomic E-state index is -0.921. The van der Waals surface area contributed by atoms with Crippen LogP contribution in [-0.2, 0) is 4.74 Å². The number of nitrogens with one attached hydrogen (secondary N) is 2. The number of aliphatic hydroxyl groups excluding tert-OH is 1. The Hall–Kier alpha value is -3.31. The lowest BCUT2D eigenvalue weighted by Crippen LogP contribution is -2.55. The third-order valence-electron chi connectivity index (χ3n) is 5.21. The number of likely N-dealkylation sites (tertiary alicyclic amines) is 1. The molecule has 0 unspecified atom stereocenters. The van der Waals surface area contributed by atoms with E-state index in [0.29, 0.717) is 39.6 Å². The van der Waals surface area contributed by atoms with Crippen LogP contribution in [0.4, 0.5) is 20.7 Å². The molecular formula is C23H26FN5O4S. The van der Waals surface area contributed by atoms with E-state index in [2.05, 4.69) is 20.6 Å². The number of rotatable bonds is 4. The second-order valence-corrected chi connectivity index (χ2v) is 10.1. The Morgan fingerprint density at radius 2 is 1.97 bits per heavy atom. The molecule has 2 amide bonds. The minimum Gasteiger partial charge on any atom is -0.444 e. The van der Waals surface area contributed by atoms with Gasteiger partial charge in [0.2, 0.25) is 0 Å². The Morgan fingerprint density at radius 3 is 2.65 bits per heavy atom. The summed E-state index contributed by atoms with van der Waals surface area (Å²) in [7, 11) is 0. The number of aliphatic hydroxyl groups is 1. The number of ether oxygens (including phenoxy) is 1. The second-order valence-electron chi connectivity index (χ2n) is 9.05. The van der Waals surface area contributed by atoms with Gasteiger partial charge in [0.1, 0.15) is 28.4 Å². The molecule has 3 aromatic rings. The van der Waals surface area contributed by atoms with Crippen LogP contribution in [0.2, 0.25) is 0 Å². The molecule has 1 saturated heterocycles. The van der Waals surface area contributed by atoms with Gasteiger partial charge in [-0.15, -0.1) is 11.3 Å². The summed E-state index contributed by atoms with van der Waals surface area (Å²) in [5, 5.41) is 17.2. The summed E-state index contributed by atoms with van der Waals surface area (Å²) in [6.45, 7) is 5.78. The first-order chi connectivity index (χ1) is 16.1. The third-order valence-corrected chi connectivity index (χ3v) is 6.25. The standard InChI is InChI=1S/C23H26FN5O4S/c1-23(2,3)33-22(32)29-9-8-16(17(30)11-29)28-20(31)18-10-15-19(25-12-26-21(15)34-18)27-14-6-4-13(24)5-7-14/h4-7,10,12,16-17,30H,8-9,11H2,1-3H3,(H,28,31)(H,25,26,27)/t16-,17-/m1/s1. The number of hydrogen-bond acceptors (Lipinski definition) is 8. The number of nitrogens with zero attached hydrogens (tertiary/aromatic N) is 3. The van der Waals surface area contributed by atoms with Gasteiger partial charge in [-0.25, -0.2) is 19.2 Å². The lowest BCUT2D eigenvalue weighted by molar-refractivity contribution is -0.00407. The summed E-state index contributed by atoms with van der Waals surface area (Å²) in [5.41, 5.74) is 0.0279. The van der Waals surface area contributed by atoms with Gasteiger partial charge in [-0.1, -0.05) is 0 Å². The number of fused-ring (bicyclic) bond motifs is 1. The van der Waals surface area contributed by atoms with Gasteiger partial charge in [-0.3, -0.25) is 4.79 Å². The third kappa shape index (κ3) is 5.60. The summed E-state index contributed by atoms with van der Waals surface area (Å²) >= 11 is 1.20. The molecular weight excluding hydrogens is 461 g/mol. The molecule has 3 N–H and O–H groups in total. The molecule has 9 nitrogen and oxygen atoms in total. The zero-order valence-corrected chi connectivity index (χ0v) is 19.9. The lowest BCUT2D eigenvalue weighted by atomic mass is 10.0. The van der Waals surface area contributed by atoms with Crippen LogP contribution < -0.4 is 10.6 Å². The highest BCUT2D eigenvalue weighted by atomic mass is 32.1. The first-order valence-electron chi connectivity index (χ1n) is 10.8. The number of halogens is 1. The summed E-state index contributed by atoms with van der Waals surface area (Å²) < 4.78 is 18.5. The highest BCUT2D eigenvalue weighted by Gasteiger charge is 2.33. The van der Waals surface area contributed by atoms with E-state index >= 15 is 0 Å². The molecule has 11 heteroatoms. The van der Waals surface area contributed by atoms with E-state index < -0.39 is 23.8 Å². The number of thiophene rings is 1. The molecule has 3 heterocycles. The molecule has 180 valence electrons. The Balaban J connectivity index is 1.42. The number of carbonyl (C=O) groups is 2. The van der Waals surface area contributed by atoms with Crippen molar-refractivity contribution >= 4 is 45.1 Å². The van der Waals surface area contributed by atoms with Crippen LogP contribution in [0, 0.1) is 5.82 Å². The normalized spacial score (nSPS) is 18.6. The number of hydrogen-bond donors (Lipinski definition) is 3. The Labute approximate surface area is 200 Å². The summed E-state index contributed by atoms with van der Waals surface area (Å²) in [6, 6.07) is 7.05. The fraction of sp³-hybridized carbons (Fsp3) is 0.391. The highest BCUT2D eigenvalue weighted by molar-refractivity contribution is 7.20. The van der Waals surface area contributed by atoms with Crippen LogP contribution in [0.15, 0.2) is 36.7 Å². The van der Waals surface area contributed by atoms with Crippen molar-refractivity contribution < 1.29 is 23.8 Å². The van der Waals surface area contributed by atoms with Gasteiger partial charge in [-0.2, -0.15) is 0 Å². The van der Waals surface area contributed by atoms with E-state index in [0.717, 1.165) is 0 Å². The predicted molar refractivity (Wildman–Crippen MR) is 127 cm³/mol. The number of β-amino-alcohol motifs (C(OH)–C–C–N with tert-alkyl or cyclic N) is 1. The quantitative estimate of drug-likeness (QED) is 0.514. The maximum absolute atomic E-state index is 13.2. The van der Waals surface area contributed by atoms with Crippen molar-refractivity contribution in [1.82, 2.24) is 20.2 Å². The van der Waals surface area contributed by atoms with Crippen molar-refractivity contribution in [1.29, 1.82) is 0 Å². The number of anilines is 2. The summed E-state index contributed by atoms with van der Waals surface area (Å²) in [6.07, 6.45) is 0.382. The van der Waals surface area contributed by atoms with Crippen LogP contribution in [0.5, 0.6) is 0 Å². The average molecular weight is 488 g/mol. The second kappa shape index (κ2) is 9.51. The molecule has 1 aliphatic heterocycles. The van der Waals surface area contributed by atoms with Gasteiger partial charge < -0.3 is 25.4 Å². The monoisotopic (exact) mass is 487 g/mol. The number of piperidine rings is 1. The summed E-state index contributed by atoms with van der Waals surface area (Å²) in [4.78, 5) is 36.1. The van der Waals surface area contributed by atoms with E-state index in [9.17, 15) is 19.1 Å². The first-order valence-corrected chi connectivity index (χ1v) is 11.6. The molecule has 0 bridgehead atoms. The molecule has 0 radical (unpaired) electrons. The molecule has 4 rings (SSSR count). The van der Waals surface area contributed by atoms with Crippen LogP contribution in [0.1, 0.15) is 36.9 Å². The van der Waals surface area contributed by atoms with Crippen LogP contribution in [-0.4, -0.2) is 62.8 Å². The van der Waals surface area contributed by atoms with Gasteiger partial charge in [0, 0.05) is 12.2 Å². The van der Waals surface area contributed by atoms with Crippen LogP contribution >= 0.6 is 11.3 Å². The number of benzene rings is 1. The Kier molecular flexibility index (Phi) is 6.67. The molecule has 1 aromatic carbocycles. The molecule has 0 aliphatic carbocycles. The Morgan fingerprint density at radius 1 is 1.24 bits per heavy atom. The SMILES string of the molecule is CC(C)(C)OC(=O)N1CC[C@@H](NC(=O)c2cc3c(Nc4ccc(F)cc4)ncnc3s2)[C@H](O)C1. The van der Waals surface area contributed by atoms with Crippen molar-refractivity contribution in [3.63, 3.8) is 0 Å². The van der Waals surface area contributed by atoms with E-state index in [4.69, 9.17) is 4.74 Å².